The van der Waals surface area contributed by atoms with E-state index in [-0.39, 0.29) is 16.4 Å². The van der Waals surface area contributed by atoms with E-state index >= 15 is 0 Å². The molecular formula is C14H21N5O2S. The van der Waals surface area contributed by atoms with Crippen LogP contribution in [0, 0.1) is 0 Å². The molecule has 22 heavy (non-hydrogen) atoms. The minimum absolute atomic E-state index is 0.163. The van der Waals surface area contributed by atoms with Crippen molar-refractivity contribution in [2.75, 3.05) is 23.7 Å². The van der Waals surface area contributed by atoms with E-state index in [1.165, 1.54) is 0 Å². The first-order chi connectivity index (χ1) is 10.2. The first-order valence-electron chi connectivity index (χ1n) is 7.38. The Kier molecular flexibility index (Phi) is 3.39. The summed E-state index contributed by atoms with van der Waals surface area (Å²) in [4.78, 5) is 2.01. The molecule has 1 fully saturated rings. The standard InChI is InChI=1S/C14H21N5O2S/c1-10-9-18(7-8-22(10,20)21)12-6-5-11-15-16-13(14(2,3)4)19(11)17-12/h5-6,10H,7-9H2,1-4H3. The third-order valence-electron chi connectivity index (χ3n) is 3.98. The molecule has 1 unspecified atom stereocenters. The third kappa shape index (κ3) is 2.55. The summed E-state index contributed by atoms with van der Waals surface area (Å²) in [5.74, 6) is 1.73. The summed E-state index contributed by atoms with van der Waals surface area (Å²) in [6.07, 6.45) is 0. The Morgan fingerprint density at radius 1 is 1.23 bits per heavy atom. The van der Waals surface area contributed by atoms with E-state index in [0.717, 1.165) is 11.6 Å². The number of sulfone groups is 1. The van der Waals surface area contributed by atoms with Gasteiger partial charge in [0, 0.05) is 18.5 Å². The average molecular weight is 323 g/mol. The van der Waals surface area contributed by atoms with Crippen molar-refractivity contribution in [1.82, 2.24) is 19.8 Å². The first-order valence-corrected chi connectivity index (χ1v) is 9.09. The Morgan fingerprint density at radius 3 is 2.59 bits per heavy atom. The molecule has 8 heteroatoms. The van der Waals surface area contributed by atoms with E-state index in [4.69, 9.17) is 0 Å². The smallest absolute Gasteiger partial charge is 0.178 e. The van der Waals surface area contributed by atoms with Crippen LogP contribution < -0.4 is 4.90 Å². The largest absolute Gasteiger partial charge is 0.353 e. The lowest BCUT2D eigenvalue weighted by Crippen LogP contribution is -2.46. The predicted molar refractivity (Wildman–Crippen MR) is 84.9 cm³/mol. The minimum Gasteiger partial charge on any atom is -0.353 e. The van der Waals surface area contributed by atoms with Crippen LogP contribution in [0.15, 0.2) is 12.1 Å². The van der Waals surface area contributed by atoms with Crippen molar-refractivity contribution in [2.45, 2.75) is 38.4 Å². The van der Waals surface area contributed by atoms with Crippen LogP contribution in [0.4, 0.5) is 5.82 Å². The molecule has 1 aliphatic heterocycles. The Morgan fingerprint density at radius 2 is 1.95 bits per heavy atom. The van der Waals surface area contributed by atoms with Gasteiger partial charge in [-0.25, -0.2) is 8.42 Å². The second kappa shape index (κ2) is 4.91. The van der Waals surface area contributed by atoms with Crippen molar-refractivity contribution < 1.29 is 8.42 Å². The molecule has 0 aliphatic carbocycles. The highest BCUT2D eigenvalue weighted by molar-refractivity contribution is 7.92. The maximum Gasteiger partial charge on any atom is 0.178 e. The highest BCUT2D eigenvalue weighted by Gasteiger charge is 2.30. The summed E-state index contributed by atoms with van der Waals surface area (Å²) in [5, 5.41) is 12.6. The number of rotatable bonds is 1. The van der Waals surface area contributed by atoms with Gasteiger partial charge in [0.25, 0.3) is 0 Å². The molecule has 0 amide bonds. The number of fused-ring (bicyclic) bond motifs is 1. The van der Waals surface area contributed by atoms with E-state index in [9.17, 15) is 8.42 Å². The SMILES string of the molecule is CC1CN(c2ccc3nnc(C(C)(C)C)n3n2)CCS1(=O)=O. The number of aromatic nitrogens is 4. The van der Waals surface area contributed by atoms with Gasteiger partial charge in [0.15, 0.2) is 21.3 Å². The number of anilines is 1. The Labute approximate surface area is 130 Å². The molecule has 0 radical (unpaired) electrons. The van der Waals surface area contributed by atoms with E-state index in [0.29, 0.717) is 18.7 Å². The number of hydrogen-bond donors (Lipinski definition) is 0. The molecule has 0 saturated carbocycles. The first kappa shape index (κ1) is 15.2. The molecule has 3 rings (SSSR count). The quantitative estimate of drug-likeness (QED) is 0.780. The van der Waals surface area contributed by atoms with Crippen molar-refractivity contribution in [3.8, 4) is 0 Å². The second-order valence-corrected chi connectivity index (χ2v) is 9.40. The maximum absolute atomic E-state index is 11.8. The van der Waals surface area contributed by atoms with Crippen LogP contribution in [0.25, 0.3) is 5.65 Å². The molecule has 120 valence electrons. The van der Waals surface area contributed by atoms with E-state index in [2.05, 4.69) is 36.1 Å². The van der Waals surface area contributed by atoms with Crippen LogP contribution in [-0.4, -0.2) is 52.3 Å². The van der Waals surface area contributed by atoms with Crippen molar-refractivity contribution in [1.29, 1.82) is 0 Å². The van der Waals surface area contributed by atoms with Gasteiger partial charge in [-0.1, -0.05) is 20.8 Å². The van der Waals surface area contributed by atoms with Gasteiger partial charge in [-0.05, 0) is 19.1 Å². The van der Waals surface area contributed by atoms with Gasteiger partial charge in [-0.2, -0.15) is 4.52 Å². The second-order valence-electron chi connectivity index (χ2n) is 6.86. The van der Waals surface area contributed by atoms with E-state index in [1.54, 1.807) is 11.4 Å². The monoisotopic (exact) mass is 323 g/mol. The van der Waals surface area contributed by atoms with Crippen molar-refractivity contribution in [3.63, 3.8) is 0 Å². The Balaban J connectivity index is 1.99. The predicted octanol–water partition coefficient (Wildman–Crippen LogP) is 1.05. The van der Waals surface area contributed by atoms with Crippen LogP contribution >= 0.6 is 0 Å². The van der Waals surface area contributed by atoms with Crippen LogP contribution in [0.1, 0.15) is 33.5 Å². The number of nitrogens with zero attached hydrogens (tertiary/aromatic N) is 5. The van der Waals surface area contributed by atoms with Crippen molar-refractivity contribution >= 4 is 21.3 Å². The highest BCUT2D eigenvalue weighted by atomic mass is 32.2. The number of hydrogen-bond acceptors (Lipinski definition) is 6. The zero-order valence-electron chi connectivity index (χ0n) is 13.3. The lowest BCUT2D eigenvalue weighted by Gasteiger charge is -2.31. The average Bonchev–Trinajstić information content (AvgIpc) is 2.84. The zero-order valence-corrected chi connectivity index (χ0v) is 14.1. The van der Waals surface area contributed by atoms with Gasteiger partial charge >= 0.3 is 0 Å². The fourth-order valence-electron chi connectivity index (χ4n) is 2.58. The Bertz CT molecular complexity index is 806. The Hall–Kier alpha value is -1.70. The van der Waals surface area contributed by atoms with Gasteiger partial charge in [0.05, 0.1) is 11.0 Å². The van der Waals surface area contributed by atoms with Crippen LogP contribution in [-0.2, 0) is 15.3 Å². The molecule has 0 bridgehead atoms. The fourth-order valence-corrected chi connectivity index (χ4v) is 3.86. The van der Waals surface area contributed by atoms with E-state index in [1.807, 2.05) is 17.0 Å². The summed E-state index contributed by atoms with van der Waals surface area (Å²) < 4.78 is 25.4. The van der Waals surface area contributed by atoms with E-state index < -0.39 is 9.84 Å². The summed E-state index contributed by atoms with van der Waals surface area (Å²) in [7, 11) is -2.97. The molecule has 1 aliphatic rings. The normalized spacial score (nSPS) is 22.2. The van der Waals surface area contributed by atoms with Crippen LogP contribution in [0.2, 0.25) is 0 Å². The summed E-state index contributed by atoms with van der Waals surface area (Å²) in [5.41, 5.74) is 0.537. The van der Waals surface area contributed by atoms with Crippen molar-refractivity contribution in [2.24, 2.45) is 0 Å². The molecule has 2 aromatic heterocycles. The molecule has 2 aromatic rings. The maximum atomic E-state index is 11.8. The van der Waals surface area contributed by atoms with Gasteiger partial charge in [0.2, 0.25) is 0 Å². The third-order valence-corrected chi connectivity index (χ3v) is 6.11. The molecule has 7 nitrogen and oxygen atoms in total. The zero-order chi connectivity index (χ0) is 16.1. The molecular weight excluding hydrogens is 302 g/mol. The fraction of sp³-hybridized carbons (Fsp3) is 0.643. The summed E-state index contributed by atoms with van der Waals surface area (Å²) >= 11 is 0. The molecule has 0 aromatic carbocycles. The summed E-state index contributed by atoms with van der Waals surface area (Å²) in [6.45, 7) is 8.87. The molecule has 1 atom stereocenters. The molecule has 0 N–H and O–H groups in total. The van der Waals surface area contributed by atoms with Gasteiger partial charge < -0.3 is 4.90 Å². The van der Waals surface area contributed by atoms with Crippen LogP contribution in [0.5, 0.6) is 0 Å². The highest BCUT2D eigenvalue weighted by Crippen LogP contribution is 2.23. The molecule has 0 spiro atoms. The van der Waals surface area contributed by atoms with Gasteiger partial charge in [-0.15, -0.1) is 15.3 Å². The molecule has 1 saturated heterocycles. The molecule has 3 heterocycles. The lowest BCUT2D eigenvalue weighted by atomic mass is 9.96. The van der Waals surface area contributed by atoms with Gasteiger partial charge in [-0.3, -0.25) is 0 Å². The van der Waals surface area contributed by atoms with Gasteiger partial charge in [0.1, 0.15) is 5.82 Å². The summed E-state index contributed by atoms with van der Waals surface area (Å²) in [6, 6.07) is 3.75. The lowest BCUT2D eigenvalue weighted by molar-refractivity contribution is 0.525. The van der Waals surface area contributed by atoms with Crippen molar-refractivity contribution in [3.05, 3.63) is 18.0 Å². The van der Waals surface area contributed by atoms with Crippen LogP contribution in [0.3, 0.4) is 0 Å². The minimum atomic E-state index is -2.97. The topological polar surface area (TPSA) is 80.5 Å².